The summed E-state index contributed by atoms with van der Waals surface area (Å²) in [5.74, 6) is 10.5. The third-order valence-electron chi connectivity index (χ3n) is 21.7. The van der Waals surface area contributed by atoms with Crippen molar-refractivity contribution in [2.75, 3.05) is 0 Å². The van der Waals surface area contributed by atoms with Crippen LogP contribution in [0, 0.1) is 80.8 Å². The van der Waals surface area contributed by atoms with E-state index in [1.807, 2.05) is 0 Å². The van der Waals surface area contributed by atoms with Crippen LogP contribution in [-0.4, -0.2) is 0 Å². The summed E-state index contributed by atoms with van der Waals surface area (Å²) in [6.07, 6.45) is 37.9. The lowest BCUT2D eigenvalue weighted by Crippen LogP contribution is -2.63. The smallest absolute Gasteiger partial charge is 0.00360 e. The highest BCUT2D eigenvalue weighted by molar-refractivity contribution is 5.66. The minimum atomic E-state index is 0.450. The summed E-state index contributed by atoms with van der Waals surface area (Å²) in [7, 11) is 0. The van der Waals surface area contributed by atoms with Gasteiger partial charge in [-0.05, 0) is 268 Å². The van der Waals surface area contributed by atoms with Gasteiger partial charge in [-0.2, -0.15) is 0 Å². The van der Waals surface area contributed by atoms with Crippen LogP contribution >= 0.6 is 0 Å². The number of rotatable bonds is 5. The molecule has 16 saturated carbocycles. The van der Waals surface area contributed by atoms with Crippen LogP contribution in [0.4, 0.5) is 0 Å². The molecule has 16 aliphatic carbocycles. The average Bonchev–Trinajstić information content (AvgIpc) is 3.10. The van der Waals surface area contributed by atoms with Gasteiger partial charge in [-0.3, -0.25) is 0 Å². The second-order valence-electron chi connectivity index (χ2n) is 24.6. The number of benzene rings is 2. The minimum absolute atomic E-state index is 0.450. The van der Waals surface area contributed by atoms with Crippen LogP contribution in [0.1, 0.15) is 165 Å². The van der Waals surface area contributed by atoms with Gasteiger partial charge in [0.05, 0.1) is 0 Å². The first-order valence-corrected chi connectivity index (χ1v) is 23.5. The van der Waals surface area contributed by atoms with Crippen LogP contribution in [0.5, 0.6) is 0 Å². The molecule has 0 amide bonds. The highest BCUT2D eigenvalue weighted by Crippen LogP contribution is 2.79. The molecule has 4 unspecified atom stereocenters. The molecule has 2 aromatic rings. The Morgan fingerprint density at radius 3 is 0.923 bits per heavy atom. The van der Waals surface area contributed by atoms with Crippen LogP contribution < -0.4 is 0 Å². The molecule has 0 aliphatic heterocycles. The molecular weight excluding hydrogens is 625 g/mol. The summed E-state index contributed by atoms with van der Waals surface area (Å²) in [6, 6.07) is 20.8. The molecule has 274 valence electrons. The highest BCUT2D eigenvalue weighted by atomic mass is 14.7. The van der Waals surface area contributed by atoms with Crippen molar-refractivity contribution in [2.45, 2.75) is 165 Å². The molecular formula is C52H66. The van der Waals surface area contributed by atoms with E-state index >= 15 is 0 Å². The van der Waals surface area contributed by atoms with Gasteiger partial charge < -0.3 is 0 Å². The Morgan fingerprint density at radius 2 is 0.596 bits per heavy atom. The van der Waals surface area contributed by atoms with E-state index in [-0.39, 0.29) is 0 Å². The molecule has 0 heterocycles. The minimum Gasteiger partial charge on any atom is -0.0614 e. The molecule has 0 spiro atoms. The van der Waals surface area contributed by atoms with E-state index < -0.39 is 0 Å². The maximum absolute atomic E-state index is 2.77. The van der Waals surface area contributed by atoms with Gasteiger partial charge in [0.1, 0.15) is 0 Å². The van der Waals surface area contributed by atoms with E-state index in [0.717, 1.165) is 59.2 Å². The van der Waals surface area contributed by atoms with Gasteiger partial charge in [0.15, 0.2) is 0 Å². The first kappa shape index (κ1) is 30.6. The van der Waals surface area contributed by atoms with E-state index in [4.69, 9.17) is 0 Å². The summed E-state index contributed by atoms with van der Waals surface area (Å²) < 4.78 is 0. The van der Waals surface area contributed by atoms with Crippen LogP contribution in [0.2, 0.25) is 0 Å². The lowest BCUT2D eigenvalue weighted by molar-refractivity contribution is -0.205. The van der Waals surface area contributed by atoms with E-state index in [9.17, 15) is 0 Å². The second kappa shape index (κ2) is 9.87. The summed E-state index contributed by atoms with van der Waals surface area (Å²) in [5, 5.41) is 0. The van der Waals surface area contributed by atoms with Crippen LogP contribution in [0.25, 0.3) is 11.1 Å². The fourth-order valence-electron chi connectivity index (χ4n) is 22.0. The van der Waals surface area contributed by atoms with Crippen molar-refractivity contribution in [2.24, 2.45) is 80.8 Å². The predicted octanol–water partition coefficient (Wildman–Crippen LogP) is 13.5. The Bertz CT molecular complexity index is 1600. The third-order valence-corrected chi connectivity index (χ3v) is 21.7. The van der Waals surface area contributed by atoms with Crippen molar-refractivity contribution >= 4 is 0 Å². The second-order valence-corrected chi connectivity index (χ2v) is 24.6. The fourth-order valence-corrected chi connectivity index (χ4v) is 22.0. The van der Waals surface area contributed by atoms with Crippen molar-refractivity contribution < 1.29 is 0 Å². The molecule has 0 radical (unpaired) electrons. The number of hydrogen-bond donors (Lipinski definition) is 0. The summed E-state index contributed by atoms with van der Waals surface area (Å²) in [5.41, 5.74) is 10.2. The van der Waals surface area contributed by atoms with Crippen molar-refractivity contribution in [3.05, 3.63) is 59.7 Å². The van der Waals surface area contributed by atoms with Crippen LogP contribution in [0.15, 0.2) is 48.5 Å². The Labute approximate surface area is 315 Å². The Hall–Kier alpha value is -1.56. The van der Waals surface area contributed by atoms with E-state index in [1.165, 1.54) is 25.7 Å². The van der Waals surface area contributed by atoms with Gasteiger partial charge >= 0.3 is 0 Å². The SMILES string of the molecule is c1cc(-c2cccc(C34CC5CC(C3)CC(C36CC7CC(CC(C7)C3)C6)(C5)C4)c2)cc(C23CC4CC(C2)CC(C25CC6CC(CC(C6)C2)C5)(C4)C3)c1. The zero-order chi connectivity index (χ0) is 33.7. The molecule has 2 aromatic carbocycles. The first-order valence-electron chi connectivity index (χ1n) is 23.5. The van der Waals surface area contributed by atoms with Gasteiger partial charge in [-0.1, -0.05) is 48.5 Å². The Morgan fingerprint density at radius 1 is 0.308 bits per heavy atom. The topological polar surface area (TPSA) is 0 Å². The normalized spacial score (nSPS) is 56.6. The summed E-state index contributed by atoms with van der Waals surface area (Å²) in [6.45, 7) is 0. The zero-order valence-electron chi connectivity index (χ0n) is 32.4. The molecule has 16 fully saturated rings. The average molecular weight is 691 g/mol. The number of hydrogen-bond acceptors (Lipinski definition) is 0. The monoisotopic (exact) mass is 691 g/mol. The highest BCUT2D eigenvalue weighted by Gasteiger charge is 2.69. The van der Waals surface area contributed by atoms with Crippen LogP contribution in [0.3, 0.4) is 0 Å². The van der Waals surface area contributed by atoms with Gasteiger partial charge in [0.25, 0.3) is 0 Å². The van der Waals surface area contributed by atoms with Gasteiger partial charge in [-0.25, -0.2) is 0 Å². The molecule has 16 bridgehead atoms. The Kier molecular flexibility index (Phi) is 5.81. The zero-order valence-corrected chi connectivity index (χ0v) is 32.4. The fraction of sp³-hybridized carbons (Fsp3) is 0.769. The van der Waals surface area contributed by atoms with E-state index in [2.05, 4.69) is 48.5 Å². The molecule has 4 atom stereocenters. The van der Waals surface area contributed by atoms with Crippen molar-refractivity contribution in [3.63, 3.8) is 0 Å². The molecule has 18 rings (SSSR count). The first-order chi connectivity index (χ1) is 25.3. The molecule has 0 N–H and O–H groups in total. The van der Waals surface area contributed by atoms with Gasteiger partial charge in [-0.15, -0.1) is 0 Å². The Balaban J connectivity index is 0.809. The quantitative estimate of drug-likeness (QED) is 0.293. The maximum atomic E-state index is 2.77. The molecule has 16 aliphatic rings. The third kappa shape index (κ3) is 3.94. The molecule has 0 aromatic heterocycles. The standard InChI is InChI=1S/C52H66/c1-3-43(15-45(5-1)47-17-39-13-40(18-47)28-51(27-39,31-47)49-21-33-7-34(22-49)9-35(8-33)23-49)44-4-2-6-46(16-44)48-19-41-14-42(20-48)30-52(29-41,32-48)50-24-36-10-37(25-50)12-38(11-36)26-50/h1-6,15-16,33-42H,7-14,17-32H2. The van der Waals surface area contributed by atoms with E-state index in [1.54, 1.807) is 151 Å². The summed E-state index contributed by atoms with van der Waals surface area (Å²) >= 11 is 0. The molecule has 52 heavy (non-hydrogen) atoms. The summed E-state index contributed by atoms with van der Waals surface area (Å²) in [4.78, 5) is 0. The predicted molar refractivity (Wildman–Crippen MR) is 211 cm³/mol. The molecule has 0 saturated heterocycles. The lowest BCUT2D eigenvalue weighted by Gasteiger charge is -2.72. The largest absolute Gasteiger partial charge is 0.0614 e. The van der Waals surface area contributed by atoms with Crippen LogP contribution in [-0.2, 0) is 10.8 Å². The van der Waals surface area contributed by atoms with Crippen molar-refractivity contribution in [3.8, 4) is 11.1 Å². The van der Waals surface area contributed by atoms with Gasteiger partial charge in [0, 0.05) is 0 Å². The van der Waals surface area contributed by atoms with Crippen molar-refractivity contribution in [1.82, 2.24) is 0 Å². The lowest BCUT2D eigenvalue weighted by atomic mass is 9.32. The molecule has 0 heteroatoms. The van der Waals surface area contributed by atoms with Crippen molar-refractivity contribution in [1.29, 1.82) is 0 Å². The van der Waals surface area contributed by atoms with Gasteiger partial charge in [0.2, 0.25) is 0 Å². The maximum Gasteiger partial charge on any atom is -0.00360 e. The van der Waals surface area contributed by atoms with E-state index in [0.29, 0.717) is 32.5 Å². The molecule has 0 nitrogen and oxygen atoms in total.